The van der Waals surface area contributed by atoms with Crippen molar-refractivity contribution < 1.29 is 4.79 Å². The van der Waals surface area contributed by atoms with Crippen molar-refractivity contribution in [1.82, 2.24) is 20.1 Å². The molecule has 0 fully saturated rings. The number of hydrogen-bond donors (Lipinski definition) is 2. The Morgan fingerprint density at radius 1 is 1.50 bits per heavy atom. The lowest BCUT2D eigenvalue weighted by Gasteiger charge is -2.17. The van der Waals surface area contributed by atoms with Crippen LogP contribution in [0.4, 0.5) is 11.6 Å². The summed E-state index contributed by atoms with van der Waals surface area (Å²) in [5.41, 5.74) is 2.72. The van der Waals surface area contributed by atoms with E-state index in [0.29, 0.717) is 17.2 Å². The van der Waals surface area contributed by atoms with Gasteiger partial charge in [0.05, 0.1) is 0 Å². The first kappa shape index (κ1) is 13.1. The van der Waals surface area contributed by atoms with Crippen LogP contribution in [0.3, 0.4) is 0 Å². The Hall–Kier alpha value is -1.89. The summed E-state index contributed by atoms with van der Waals surface area (Å²) in [4.78, 5) is 16.0. The van der Waals surface area contributed by atoms with Gasteiger partial charge in [-0.3, -0.25) is 4.79 Å². The summed E-state index contributed by atoms with van der Waals surface area (Å²) in [7, 11) is 0. The Labute approximate surface area is 124 Å². The SMILES string of the molecule is CCn1nc(Br)nc1Nc1ccc2c(c1)CCNC2=O. The van der Waals surface area contributed by atoms with Crippen LogP contribution in [0.1, 0.15) is 22.8 Å². The molecule has 3 rings (SSSR count). The van der Waals surface area contributed by atoms with Crippen molar-refractivity contribution in [2.24, 2.45) is 0 Å². The minimum atomic E-state index is -0.00253. The predicted octanol–water partition coefficient (Wildman–Crippen LogP) is 2.09. The van der Waals surface area contributed by atoms with Crippen LogP contribution in [0.5, 0.6) is 0 Å². The Kier molecular flexibility index (Phi) is 3.43. The van der Waals surface area contributed by atoms with Gasteiger partial charge in [-0.05, 0) is 53.0 Å². The largest absolute Gasteiger partial charge is 0.352 e. The smallest absolute Gasteiger partial charge is 0.251 e. The summed E-state index contributed by atoms with van der Waals surface area (Å²) in [5, 5.41) is 10.3. The zero-order chi connectivity index (χ0) is 14.1. The van der Waals surface area contributed by atoms with Gasteiger partial charge < -0.3 is 10.6 Å². The van der Waals surface area contributed by atoms with Crippen LogP contribution >= 0.6 is 15.9 Å². The first-order chi connectivity index (χ1) is 9.67. The molecule has 0 spiro atoms. The van der Waals surface area contributed by atoms with Gasteiger partial charge in [0.15, 0.2) is 0 Å². The van der Waals surface area contributed by atoms with E-state index in [-0.39, 0.29) is 5.91 Å². The van der Waals surface area contributed by atoms with E-state index in [1.165, 1.54) is 0 Å². The van der Waals surface area contributed by atoms with Gasteiger partial charge in [-0.1, -0.05) is 0 Å². The minimum Gasteiger partial charge on any atom is -0.352 e. The molecule has 2 N–H and O–H groups in total. The maximum absolute atomic E-state index is 11.7. The molecule has 1 aliphatic heterocycles. The summed E-state index contributed by atoms with van der Waals surface area (Å²) in [6, 6.07) is 5.72. The number of aryl methyl sites for hydroxylation is 1. The Morgan fingerprint density at radius 3 is 3.15 bits per heavy atom. The number of anilines is 2. The summed E-state index contributed by atoms with van der Waals surface area (Å²) < 4.78 is 2.33. The third-order valence-corrected chi connectivity index (χ3v) is 3.57. The van der Waals surface area contributed by atoms with Gasteiger partial charge in [-0.2, -0.15) is 4.98 Å². The van der Waals surface area contributed by atoms with Crippen molar-refractivity contribution in [2.75, 3.05) is 11.9 Å². The van der Waals surface area contributed by atoms with Gasteiger partial charge in [-0.25, -0.2) is 4.68 Å². The third kappa shape index (κ3) is 2.40. The van der Waals surface area contributed by atoms with E-state index >= 15 is 0 Å². The molecule has 0 radical (unpaired) electrons. The quantitative estimate of drug-likeness (QED) is 0.900. The van der Waals surface area contributed by atoms with Crippen LogP contribution in [0, 0.1) is 0 Å². The highest BCUT2D eigenvalue weighted by Gasteiger charge is 2.17. The molecular formula is C13H14BrN5O. The highest BCUT2D eigenvalue weighted by Crippen LogP contribution is 2.22. The molecule has 0 saturated heterocycles. The summed E-state index contributed by atoms with van der Waals surface area (Å²) >= 11 is 3.27. The van der Waals surface area contributed by atoms with Gasteiger partial charge in [0, 0.05) is 24.3 Å². The van der Waals surface area contributed by atoms with Crippen molar-refractivity contribution in [3.8, 4) is 0 Å². The van der Waals surface area contributed by atoms with Gasteiger partial charge in [0.2, 0.25) is 10.7 Å². The van der Waals surface area contributed by atoms with E-state index in [9.17, 15) is 4.79 Å². The fourth-order valence-electron chi connectivity index (χ4n) is 2.26. The molecule has 20 heavy (non-hydrogen) atoms. The fourth-order valence-corrected chi connectivity index (χ4v) is 2.62. The normalized spacial score (nSPS) is 13.8. The summed E-state index contributed by atoms with van der Waals surface area (Å²) in [5.74, 6) is 0.678. The molecule has 1 aromatic carbocycles. The molecule has 7 heteroatoms. The molecule has 104 valence electrons. The average molecular weight is 336 g/mol. The van der Waals surface area contributed by atoms with E-state index in [1.807, 2.05) is 25.1 Å². The second kappa shape index (κ2) is 5.24. The molecule has 1 aromatic heterocycles. The molecule has 0 atom stereocenters. The Morgan fingerprint density at radius 2 is 2.35 bits per heavy atom. The number of hydrogen-bond acceptors (Lipinski definition) is 4. The standard InChI is InChI=1S/C13H14BrN5O/c1-2-19-13(17-12(14)18-19)16-9-3-4-10-8(7-9)5-6-15-11(10)20/h3-4,7H,2,5-6H2,1H3,(H,15,20)(H,16,17,18). The second-order valence-corrected chi connectivity index (χ2v) is 5.23. The number of fused-ring (bicyclic) bond motifs is 1. The van der Waals surface area contributed by atoms with E-state index in [1.54, 1.807) is 4.68 Å². The van der Waals surface area contributed by atoms with Crippen LogP contribution in [-0.4, -0.2) is 27.2 Å². The molecule has 0 bridgehead atoms. The van der Waals surface area contributed by atoms with Crippen LogP contribution in [0.15, 0.2) is 22.9 Å². The van der Waals surface area contributed by atoms with Gasteiger partial charge in [-0.15, -0.1) is 5.10 Å². The summed E-state index contributed by atoms with van der Waals surface area (Å²) in [6.45, 7) is 3.42. The number of nitrogens with one attached hydrogen (secondary N) is 2. The third-order valence-electron chi connectivity index (χ3n) is 3.23. The lowest BCUT2D eigenvalue weighted by molar-refractivity contribution is 0.0946. The first-order valence-electron chi connectivity index (χ1n) is 6.46. The van der Waals surface area contributed by atoms with Gasteiger partial charge in [0.1, 0.15) is 0 Å². The number of aromatic nitrogens is 3. The molecular weight excluding hydrogens is 322 g/mol. The van der Waals surface area contributed by atoms with Crippen LogP contribution < -0.4 is 10.6 Å². The van der Waals surface area contributed by atoms with Crippen LogP contribution in [0.2, 0.25) is 0 Å². The molecule has 0 saturated carbocycles. The van der Waals surface area contributed by atoms with Crippen molar-refractivity contribution in [3.63, 3.8) is 0 Å². The number of halogens is 1. The monoisotopic (exact) mass is 335 g/mol. The second-order valence-electron chi connectivity index (χ2n) is 4.52. The number of rotatable bonds is 3. The zero-order valence-electron chi connectivity index (χ0n) is 11.0. The number of nitrogens with zero attached hydrogens (tertiary/aromatic N) is 3. The Bertz CT molecular complexity index is 667. The van der Waals surface area contributed by atoms with Gasteiger partial charge >= 0.3 is 0 Å². The number of amides is 1. The highest BCUT2D eigenvalue weighted by molar-refractivity contribution is 9.10. The number of carbonyl (C=O) groups excluding carboxylic acids is 1. The van der Waals surface area contributed by atoms with Crippen molar-refractivity contribution in [3.05, 3.63) is 34.1 Å². The predicted molar refractivity (Wildman–Crippen MR) is 79.2 cm³/mol. The Balaban J connectivity index is 1.90. The maximum Gasteiger partial charge on any atom is 0.251 e. The lowest BCUT2D eigenvalue weighted by Crippen LogP contribution is -2.31. The fraction of sp³-hybridized carbons (Fsp3) is 0.308. The molecule has 2 heterocycles. The molecule has 6 nitrogen and oxygen atoms in total. The number of benzene rings is 1. The van der Waals surface area contributed by atoms with E-state index in [4.69, 9.17) is 0 Å². The molecule has 1 amide bonds. The molecule has 0 unspecified atom stereocenters. The van der Waals surface area contributed by atoms with E-state index in [0.717, 1.165) is 29.8 Å². The molecule has 2 aromatic rings. The summed E-state index contributed by atoms with van der Waals surface area (Å²) in [6.07, 6.45) is 0.848. The number of carbonyl (C=O) groups is 1. The molecule has 0 aliphatic carbocycles. The average Bonchev–Trinajstić information content (AvgIpc) is 2.79. The molecule has 1 aliphatic rings. The van der Waals surface area contributed by atoms with Crippen molar-refractivity contribution in [2.45, 2.75) is 19.9 Å². The van der Waals surface area contributed by atoms with Gasteiger partial charge in [0.25, 0.3) is 5.91 Å². The van der Waals surface area contributed by atoms with E-state index < -0.39 is 0 Å². The zero-order valence-corrected chi connectivity index (χ0v) is 12.6. The van der Waals surface area contributed by atoms with Crippen LogP contribution in [0.25, 0.3) is 0 Å². The maximum atomic E-state index is 11.7. The van der Waals surface area contributed by atoms with Crippen LogP contribution in [-0.2, 0) is 13.0 Å². The highest BCUT2D eigenvalue weighted by atomic mass is 79.9. The topological polar surface area (TPSA) is 71.8 Å². The van der Waals surface area contributed by atoms with E-state index in [2.05, 4.69) is 36.6 Å². The van der Waals surface area contributed by atoms with Crippen molar-refractivity contribution in [1.29, 1.82) is 0 Å². The minimum absolute atomic E-state index is 0.00253. The first-order valence-corrected chi connectivity index (χ1v) is 7.25. The lowest BCUT2D eigenvalue weighted by atomic mass is 10.00. The van der Waals surface area contributed by atoms with Crippen molar-refractivity contribution >= 4 is 33.5 Å².